The van der Waals surface area contributed by atoms with Crippen LogP contribution in [0.1, 0.15) is 6.92 Å². The van der Waals surface area contributed by atoms with Crippen molar-refractivity contribution in [2.45, 2.75) is 12.5 Å². The summed E-state index contributed by atoms with van der Waals surface area (Å²) in [5.41, 5.74) is 0.0260. The molecular formula is C6H13NO2. The van der Waals surface area contributed by atoms with Gasteiger partial charge in [-0.25, -0.2) is 0 Å². The molecule has 1 rings (SSSR count). The molecule has 0 aliphatic carbocycles. The highest BCUT2D eigenvalue weighted by Gasteiger charge is 2.25. The van der Waals surface area contributed by atoms with Gasteiger partial charge in [-0.1, -0.05) is 0 Å². The minimum Gasteiger partial charge on any atom is -0.353 e. The van der Waals surface area contributed by atoms with Crippen molar-refractivity contribution in [3.05, 3.63) is 0 Å². The third-order valence-electron chi connectivity index (χ3n) is 1.61. The topological polar surface area (TPSA) is 30.5 Å². The second-order valence-electron chi connectivity index (χ2n) is 2.63. The molecule has 1 aliphatic heterocycles. The summed E-state index contributed by atoms with van der Waals surface area (Å²) in [5.74, 6) is 0. The van der Waals surface area contributed by atoms with Gasteiger partial charge in [0.15, 0.2) is 0 Å². The number of hydrogen-bond acceptors (Lipinski definition) is 3. The van der Waals surface area contributed by atoms with Crippen LogP contribution in [-0.2, 0) is 9.47 Å². The number of likely N-dealkylation sites (N-methyl/N-ethyl adjacent to an activating group) is 1. The lowest BCUT2D eigenvalue weighted by molar-refractivity contribution is -0.137. The van der Waals surface area contributed by atoms with Crippen molar-refractivity contribution in [3.8, 4) is 0 Å². The van der Waals surface area contributed by atoms with E-state index in [0.29, 0.717) is 6.79 Å². The number of nitrogens with one attached hydrogen (secondary N) is 1. The van der Waals surface area contributed by atoms with Gasteiger partial charge in [0.1, 0.15) is 6.79 Å². The lowest BCUT2D eigenvalue weighted by Gasteiger charge is -2.32. The second-order valence-corrected chi connectivity index (χ2v) is 2.63. The van der Waals surface area contributed by atoms with E-state index in [4.69, 9.17) is 9.47 Å². The molecule has 0 bridgehead atoms. The molecule has 0 aromatic carbocycles. The second kappa shape index (κ2) is 2.64. The normalized spacial score (nSPS) is 26.0. The van der Waals surface area contributed by atoms with E-state index in [0.717, 1.165) is 13.2 Å². The fourth-order valence-corrected chi connectivity index (χ4v) is 0.779. The van der Waals surface area contributed by atoms with Gasteiger partial charge in [-0.2, -0.15) is 0 Å². The van der Waals surface area contributed by atoms with Gasteiger partial charge in [-0.3, -0.25) is 0 Å². The van der Waals surface area contributed by atoms with Crippen molar-refractivity contribution < 1.29 is 9.47 Å². The maximum absolute atomic E-state index is 5.09. The lowest BCUT2D eigenvalue weighted by Crippen LogP contribution is -2.51. The van der Waals surface area contributed by atoms with Crippen LogP contribution in [0.4, 0.5) is 0 Å². The summed E-state index contributed by atoms with van der Waals surface area (Å²) < 4.78 is 10.2. The Balaban J connectivity index is 2.37. The Labute approximate surface area is 55.3 Å². The number of ether oxygens (including phenoxy) is 2. The molecule has 0 aromatic heterocycles. The molecule has 0 aromatic rings. The fraction of sp³-hybridized carbons (Fsp3) is 1.00. The highest BCUT2D eigenvalue weighted by atomic mass is 16.7. The molecule has 0 saturated carbocycles. The Morgan fingerprint density at radius 1 is 1.33 bits per heavy atom. The third-order valence-corrected chi connectivity index (χ3v) is 1.61. The van der Waals surface area contributed by atoms with Crippen molar-refractivity contribution in [2.75, 3.05) is 27.1 Å². The Hall–Kier alpha value is -0.120. The summed E-state index contributed by atoms with van der Waals surface area (Å²) >= 11 is 0. The zero-order chi connectivity index (χ0) is 6.74. The van der Waals surface area contributed by atoms with E-state index in [9.17, 15) is 0 Å². The van der Waals surface area contributed by atoms with Gasteiger partial charge in [-0.05, 0) is 14.0 Å². The summed E-state index contributed by atoms with van der Waals surface area (Å²) in [7, 11) is 1.91. The van der Waals surface area contributed by atoms with Crippen LogP contribution in [-0.4, -0.2) is 32.6 Å². The van der Waals surface area contributed by atoms with Crippen LogP contribution in [0.15, 0.2) is 0 Å². The minimum absolute atomic E-state index is 0.0260. The average Bonchev–Trinajstić information content (AvgIpc) is 1.90. The molecule has 0 radical (unpaired) electrons. The molecule has 9 heavy (non-hydrogen) atoms. The summed E-state index contributed by atoms with van der Waals surface area (Å²) in [4.78, 5) is 0. The molecule has 1 fully saturated rings. The lowest BCUT2D eigenvalue weighted by atomic mass is 10.1. The summed E-state index contributed by atoms with van der Waals surface area (Å²) in [5, 5.41) is 3.13. The molecule has 0 unspecified atom stereocenters. The molecule has 1 saturated heterocycles. The van der Waals surface area contributed by atoms with Crippen molar-refractivity contribution in [2.24, 2.45) is 0 Å². The molecule has 1 aliphatic rings. The Kier molecular flexibility index (Phi) is 2.05. The molecule has 0 amide bonds. The van der Waals surface area contributed by atoms with Gasteiger partial charge >= 0.3 is 0 Å². The fourth-order valence-electron chi connectivity index (χ4n) is 0.779. The van der Waals surface area contributed by atoms with Gasteiger partial charge < -0.3 is 14.8 Å². The van der Waals surface area contributed by atoms with E-state index in [1.54, 1.807) is 0 Å². The first-order valence-corrected chi connectivity index (χ1v) is 3.11. The van der Waals surface area contributed by atoms with Gasteiger partial charge in [0.2, 0.25) is 0 Å². The van der Waals surface area contributed by atoms with E-state index < -0.39 is 0 Å². The minimum atomic E-state index is 0.0260. The molecule has 1 N–H and O–H groups in total. The predicted octanol–water partition coefficient (Wildman–Crippen LogP) is -0.0312. The highest BCUT2D eigenvalue weighted by molar-refractivity contribution is 4.81. The maximum Gasteiger partial charge on any atom is 0.146 e. The summed E-state index contributed by atoms with van der Waals surface area (Å²) in [6.07, 6.45) is 0. The quantitative estimate of drug-likeness (QED) is 0.542. The monoisotopic (exact) mass is 131 g/mol. The SMILES string of the molecule is CNC1(C)COCOC1. The summed E-state index contributed by atoms with van der Waals surface area (Å²) in [6, 6.07) is 0. The zero-order valence-corrected chi connectivity index (χ0v) is 5.94. The van der Waals surface area contributed by atoms with Crippen LogP contribution in [0.25, 0.3) is 0 Å². The van der Waals surface area contributed by atoms with Gasteiger partial charge in [0.25, 0.3) is 0 Å². The van der Waals surface area contributed by atoms with Crippen molar-refractivity contribution in [1.29, 1.82) is 0 Å². The van der Waals surface area contributed by atoms with Crippen molar-refractivity contribution in [1.82, 2.24) is 5.32 Å². The Bertz CT molecular complexity index is 89.1. The van der Waals surface area contributed by atoms with Crippen LogP contribution < -0.4 is 5.32 Å². The molecule has 3 heteroatoms. The molecule has 3 nitrogen and oxygen atoms in total. The number of hydrogen-bond donors (Lipinski definition) is 1. The first kappa shape index (κ1) is 6.99. The molecule has 0 spiro atoms. The smallest absolute Gasteiger partial charge is 0.146 e. The van der Waals surface area contributed by atoms with E-state index in [2.05, 4.69) is 12.2 Å². The first-order chi connectivity index (χ1) is 4.27. The van der Waals surface area contributed by atoms with E-state index in [1.165, 1.54) is 0 Å². The van der Waals surface area contributed by atoms with Crippen LogP contribution in [0.5, 0.6) is 0 Å². The van der Waals surface area contributed by atoms with Crippen LogP contribution in [0.3, 0.4) is 0 Å². The largest absolute Gasteiger partial charge is 0.353 e. The number of rotatable bonds is 1. The molecule has 54 valence electrons. The maximum atomic E-state index is 5.09. The zero-order valence-electron chi connectivity index (χ0n) is 5.94. The molecular weight excluding hydrogens is 118 g/mol. The van der Waals surface area contributed by atoms with Crippen LogP contribution in [0.2, 0.25) is 0 Å². The van der Waals surface area contributed by atoms with Crippen molar-refractivity contribution in [3.63, 3.8) is 0 Å². The van der Waals surface area contributed by atoms with Gasteiger partial charge in [0.05, 0.1) is 18.8 Å². The Morgan fingerprint density at radius 3 is 2.22 bits per heavy atom. The van der Waals surface area contributed by atoms with E-state index >= 15 is 0 Å². The first-order valence-electron chi connectivity index (χ1n) is 3.11. The van der Waals surface area contributed by atoms with E-state index in [1.807, 2.05) is 7.05 Å². The summed E-state index contributed by atoms with van der Waals surface area (Å²) in [6.45, 7) is 4.00. The van der Waals surface area contributed by atoms with Gasteiger partial charge in [-0.15, -0.1) is 0 Å². The Morgan fingerprint density at radius 2 is 1.89 bits per heavy atom. The average molecular weight is 131 g/mol. The highest BCUT2D eigenvalue weighted by Crippen LogP contribution is 2.08. The standard InChI is InChI=1S/C6H13NO2/c1-6(7-2)3-8-5-9-4-6/h7H,3-5H2,1-2H3. The van der Waals surface area contributed by atoms with Gasteiger partial charge in [0, 0.05) is 0 Å². The van der Waals surface area contributed by atoms with Crippen LogP contribution in [0, 0.1) is 0 Å². The molecule has 1 heterocycles. The van der Waals surface area contributed by atoms with E-state index in [-0.39, 0.29) is 5.54 Å². The van der Waals surface area contributed by atoms with Crippen molar-refractivity contribution >= 4 is 0 Å². The third kappa shape index (κ3) is 1.64. The molecule has 0 atom stereocenters. The predicted molar refractivity (Wildman–Crippen MR) is 34.2 cm³/mol. The van der Waals surface area contributed by atoms with Crippen LogP contribution >= 0.6 is 0 Å².